The van der Waals surface area contributed by atoms with Gasteiger partial charge in [-0.05, 0) is 49.2 Å². The van der Waals surface area contributed by atoms with Crippen molar-refractivity contribution in [1.82, 2.24) is 9.88 Å². The first kappa shape index (κ1) is 15.5. The number of carbonyl (C=O) groups excluding carboxylic acids is 1. The zero-order valence-electron chi connectivity index (χ0n) is 13.9. The van der Waals surface area contributed by atoms with Crippen LogP contribution in [0.2, 0.25) is 0 Å². The fraction of sp³-hybridized carbons (Fsp3) is 0.200. The van der Waals surface area contributed by atoms with Crippen LogP contribution >= 0.6 is 11.3 Å². The van der Waals surface area contributed by atoms with Crippen molar-refractivity contribution in [3.05, 3.63) is 71.0 Å². The fourth-order valence-electron chi connectivity index (χ4n) is 3.35. The number of hydrogen-bond acceptors (Lipinski definition) is 4. The van der Waals surface area contributed by atoms with Gasteiger partial charge in [0, 0.05) is 22.7 Å². The van der Waals surface area contributed by atoms with Crippen molar-refractivity contribution in [1.29, 1.82) is 0 Å². The predicted octanol–water partition coefficient (Wildman–Crippen LogP) is 4.68. The van der Waals surface area contributed by atoms with Gasteiger partial charge in [-0.2, -0.15) is 0 Å². The van der Waals surface area contributed by atoms with E-state index in [9.17, 15) is 9.18 Å². The van der Waals surface area contributed by atoms with E-state index in [1.807, 2.05) is 34.5 Å². The van der Waals surface area contributed by atoms with E-state index >= 15 is 0 Å². The van der Waals surface area contributed by atoms with E-state index in [2.05, 4.69) is 5.32 Å². The Morgan fingerprint density at radius 2 is 1.88 bits per heavy atom. The molecule has 0 bridgehead atoms. The summed E-state index contributed by atoms with van der Waals surface area (Å²) in [5, 5.41) is 6.28. The van der Waals surface area contributed by atoms with Gasteiger partial charge in [0.05, 0.1) is 11.3 Å². The molecule has 3 aromatic rings. The van der Waals surface area contributed by atoms with Gasteiger partial charge < -0.3 is 10.2 Å². The number of amides is 1. The first-order valence-corrected chi connectivity index (χ1v) is 9.48. The lowest BCUT2D eigenvalue weighted by atomic mass is 10.1. The molecule has 1 aromatic heterocycles. The van der Waals surface area contributed by atoms with Gasteiger partial charge >= 0.3 is 0 Å². The number of fused-ring (bicyclic) bond motifs is 1. The molecule has 0 radical (unpaired) electrons. The van der Waals surface area contributed by atoms with Crippen LogP contribution in [-0.4, -0.2) is 21.8 Å². The summed E-state index contributed by atoms with van der Waals surface area (Å²) in [7, 11) is 0. The van der Waals surface area contributed by atoms with Crippen molar-refractivity contribution in [3.8, 4) is 10.6 Å². The van der Waals surface area contributed by atoms with Crippen LogP contribution in [0, 0.1) is 5.82 Å². The van der Waals surface area contributed by atoms with Crippen molar-refractivity contribution in [2.45, 2.75) is 25.0 Å². The maximum atomic E-state index is 13.2. The van der Waals surface area contributed by atoms with Crippen molar-refractivity contribution >= 4 is 22.9 Å². The molecule has 1 unspecified atom stereocenters. The van der Waals surface area contributed by atoms with E-state index in [1.165, 1.54) is 23.5 Å². The number of anilines is 1. The van der Waals surface area contributed by atoms with E-state index < -0.39 is 0 Å². The molecule has 1 aliphatic carbocycles. The molecular weight excluding hydrogens is 349 g/mol. The second-order valence-electron chi connectivity index (χ2n) is 6.62. The zero-order chi connectivity index (χ0) is 17.7. The Morgan fingerprint density at radius 3 is 2.65 bits per heavy atom. The summed E-state index contributed by atoms with van der Waals surface area (Å²) in [5.41, 5.74) is 3.26. The largest absolute Gasteiger partial charge is 0.359 e. The number of carbonyl (C=O) groups is 1. The van der Waals surface area contributed by atoms with Crippen LogP contribution < -0.4 is 5.32 Å². The maximum Gasteiger partial charge on any atom is 0.258 e. The highest BCUT2D eigenvalue weighted by molar-refractivity contribution is 7.13. The maximum absolute atomic E-state index is 13.2. The molecule has 6 heteroatoms. The summed E-state index contributed by atoms with van der Waals surface area (Å²) in [6.45, 7) is 0. The van der Waals surface area contributed by atoms with E-state index in [4.69, 9.17) is 4.98 Å². The highest BCUT2D eigenvalue weighted by Gasteiger charge is 2.42. The minimum atomic E-state index is -0.268. The van der Waals surface area contributed by atoms with Crippen LogP contribution in [0.15, 0.2) is 53.9 Å². The number of rotatable bonds is 3. The van der Waals surface area contributed by atoms with E-state index in [0.717, 1.165) is 34.8 Å². The van der Waals surface area contributed by atoms with Crippen LogP contribution in [-0.2, 0) is 0 Å². The molecule has 1 amide bonds. The Hall–Kier alpha value is -2.73. The van der Waals surface area contributed by atoms with Crippen LogP contribution in [0.1, 0.15) is 35.1 Å². The molecule has 1 N–H and O–H groups in total. The SMILES string of the molecule is O=C1c2ccccc2NC(c2csc(-c3ccc(F)cc3)n2)N1C1CC1. The molecule has 2 aliphatic rings. The highest BCUT2D eigenvalue weighted by atomic mass is 32.1. The number of para-hydroxylation sites is 1. The zero-order valence-corrected chi connectivity index (χ0v) is 14.7. The first-order valence-electron chi connectivity index (χ1n) is 8.60. The summed E-state index contributed by atoms with van der Waals surface area (Å²) in [5.74, 6) is -0.204. The van der Waals surface area contributed by atoms with Gasteiger partial charge in [-0.15, -0.1) is 11.3 Å². The smallest absolute Gasteiger partial charge is 0.258 e. The van der Waals surface area contributed by atoms with Gasteiger partial charge in [0.15, 0.2) is 0 Å². The lowest BCUT2D eigenvalue weighted by Crippen LogP contribution is -2.44. The van der Waals surface area contributed by atoms with E-state index in [1.54, 1.807) is 12.1 Å². The topological polar surface area (TPSA) is 45.2 Å². The highest BCUT2D eigenvalue weighted by Crippen LogP contribution is 2.41. The van der Waals surface area contributed by atoms with Gasteiger partial charge in [-0.1, -0.05) is 12.1 Å². The molecule has 1 atom stereocenters. The number of halogens is 1. The molecule has 130 valence electrons. The van der Waals surface area contributed by atoms with Crippen molar-refractivity contribution in [2.24, 2.45) is 0 Å². The van der Waals surface area contributed by atoms with Crippen LogP contribution in [0.4, 0.5) is 10.1 Å². The molecule has 2 aromatic carbocycles. The van der Waals surface area contributed by atoms with E-state index in [-0.39, 0.29) is 23.9 Å². The Kier molecular flexibility index (Phi) is 3.53. The van der Waals surface area contributed by atoms with Crippen LogP contribution in [0.3, 0.4) is 0 Å². The summed E-state index contributed by atoms with van der Waals surface area (Å²) in [6, 6.07) is 14.2. The summed E-state index contributed by atoms with van der Waals surface area (Å²) < 4.78 is 13.2. The number of nitrogens with zero attached hydrogens (tertiary/aromatic N) is 2. The lowest BCUT2D eigenvalue weighted by molar-refractivity contribution is 0.0663. The van der Waals surface area contributed by atoms with Crippen LogP contribution in [0.5, 0.6) is 0 Å². The van der Waals surface area contributed by atoms with E-state index in [0.29, 0.717) is 5.56 Å². The molecule has 2 heterocycles. The third-order valence-electron chi connectivity index (χ3n) is 4.80. The molecule has 1 aliphatic heterocycles. The molecule has 26 heavy (non-hydrogen) atoms. The number of aromatic nitrogens is 1. The normalized spacial score (nSPS) is 19.2. The summed E-state index contributed by atoms with van der Waals surface area (Å²) in [4.78, 5) is 19.7. The minimum Gasteiger partial charge on any atom is -0.359 e. The van der Waals surface area contributed by atoms with Gasteiger partial charge in [-0.25, -0.2) is 9.37 Å². The van der Waals surface area contributed by atoms with Gasteiger partial charge in [-0.3, -0.25) is 4.79 Å². The summed E-state index contributed by atoms with van der Waals surface area (Å²) >= 11 is 1.51. The van der Waals surface area contributed by atoms with Crippen LogP contribution in [0.25, 0.3) is 10.6 Å². The molecule has 1 fully saturated rings. The average molecular weight is 365 g/mol. The van der Waals surface area contributed by atoms with Gasteiger partial charge in [0.25, 0.3) is 5.91 Å². The number of hydrogen-bond donors (Lipinski definition) is 1. The first-order chi connectivity index (χ1) is 12.7. The number of nitrogens with one attached hydrogen (secondary N) is 1. The van der Waals surface area contributed by atoms with Crippen molar-refractivity contribution < 1.29 is 9.18 Å². The fourth-order valence-corrected chi connectivity index (χ4v) is 4.20. The third kappa shape index (κ3) is 2.57. The minimum absolute atomic E-state index is 0.0585. The van der Waals surface area contributed by atoms with Crippen molar-refractivity contribution in [3.63, 3.8) is 0 Å². The Morgan fingerprint density at radius 1 is 1.12 bits per heavy atom. The molecule has 0 saturated heterocycles. The Bertz CT molecular complexity index is 981. The monoisotopic (exact) mass is 365 g/mol. The number of benzene rings is 2. The number of thiazole rings is 1. The third-order valence-corrected chi connectivity index (χ3v) is 5.71. The molecule has 4 nitrogen and oxygen atoms in total. The lowest BCUT2D eigenvalue weighted by Gasteiger charge is -2.37. The Labute approximate surface area is 154 Å². The summed E-state index contributed by atoms with van der Waals surface area (Å²) in [6.07, 6.45) is 1.79. The molecule has 0 spiro atoms. The van der Waals surface area contributed by atoms with Gasteiger partial charge in [0.1, 0.15) is 17.0 Å². The van der Waals surface area contributed by atoms with Crippen molar-refractivity contribution in [2.75, 3.05) is 5.32 Å². The standard InChI is InChI=1S/C20H16FN3OS/c21-13-7-5-12(6-8-13)19-23-17(11-26-19)18-22-16-4-2-1-3-15(16)20(25)24(18)14-9-10-14/h1-8,11,14,18,22H,9-10H2. The quantitative estimate of drug-likeness (QED) is 0.733. The van der Waals surface area contributed by atoms with Gasteiger partial charge in [0.2, 0.25) is 0 Å². The second kappa shape index (κ2) is 5.92. The molecule has 1 saturated carbocycles. The molecular formula is C20H16FN3OS. The second-order valence-corrected chi connectivity index (χ2v) is 7.48. The molecule has 5 rings (SSSR count). The predicted molar refractivity (Wildman–Crippen MR) is 99.5 cm³/mol. The Balaban J connectivity index is 1.52. The average Bonchev–Trinajstić information content (AvgIpc) is 3.38.